The van der Waals surface area contributed by atoms with Crippen LogP contribution in [0.3, 0.4) is 0 Å². The fraction of sp³-hybridized carbons (Fsp3) is 1.00. The Kier molecular flexibility index (Phi) is 3.35. The van der Waals surface area contributed by atoms with Gasteiger partial charge in [-0.15, -0.1) is 0 Å². The smallest absolute Gasteiger partial charge is 0.0684 e. The monoisotopic (exact) mass is 166 g/mol. The van der Waals surface area contributed by atoms with Crippen LogP contribution < -0.4 is 0 Å². The van der Waals surface area contributed by atoms with Gasteiger partial charge in [0.05, 0.1) is 6.26 Å². The first-order valence-electron chi connectivity index (χ1n) is 3.21. The van der Waals surface area contributed by atoms with Gasteiger partial charge in [-0.05, 0) is 0 Å². The zero-order chi connectivity index (χ0) is 7.65. The van der Waals surface area contributed by atoms with Gasteiger partial charge in [0.1, 0.15) is 0 Å². The molecule has 0 aliphatic heterocycles. The maximum absolute atomic E-state index is 9.59. The van der Waals surface area contributed by atoms with E-state index in [4.69, 9.17) is 11.8 Å². The number of hydrogen-bond donors (Lipinski definition) is 1. The molecule has 0 unspecified atom stereocenters. The van der Waals surface area contributed by atoms with Crippen LogP contribution in [0.2, 0.25) is 0 Å². The van der Waals surface area contributed by atoms with Gasteiger partial charge in [0.25, 0.3) is 0 Å². The van der Waals surface area contributed by atoms with Gasteiger partial charge in [0, 0.05) is 11.3 Å². The second-order valence-corrected chi connectivity index (χ2v) is 8.03. The minimum absolute atomic E-state index is 0.271. The molecule has 56 valence electrons. The molecule has 3 heteroatoms. The minimum atomic E-state index is -2.00. The van der Waals surface area contributed by atoms with Crippen LogP contribution in [0.25, 0.3) is 0 Å². The normalized spacial score (nSPS) is 13.2. The van der Waals surface area contributed by atoms with Crippen LogP contribution in [0.4, 0.5) is 0 Å². The quantitative estimate of drug-likeness (QED) is 0.634. The van der Waals surface area contributed by atoms with Crippen molar-refractivity contribution >= 4 is 18.1 Å². The van der Waals surface area contributed by atoms with Crippen molar-refractivity contribution in [3.63, 3.8) is 0 Å². The first-order chi connectivity index (χ1) is 3.89. The molecule has 0 bridgehead atoms. The van der Waals surface area contributed by atoms with Crippen molar-refractivity contribution in [3.05, 3.63) is 0 Å². The van der Waals surface area contributed by atoms with E-state index in [2.05, 4.69) is 0 Å². The zero-order valence-electron chi connectivity index (χ0n) is 6.46. The third kappa shape index (κ3) is 2.37. The van der Waals surface area contributed by atoms with Gasteiger partial charge in [-0.3, -0.25) is 0 Å². The molecule has 0 radical (unpaired) electrons. The predicted octanol–water partition coefficient (Wildman–Crippen LogP) is 2.19. The Balaban J connectivity index is 4.21. The van der Waals surface area contributed by atoms with Crippen molar-refractivity contribution in [2.75, 3.05) is 0 Å². The van der Waals surface area contributed by atoms with Gasteiger partial charge in [-0.25, -0.2) is 0 Å². The van der Waals surface area contributed by atoms with E-state index in [1.165, 1.54) is 0 Å². The van der Waals surface area contributed by atoms with E-state index in [1.54, 1.807) is 0 Å². The first kappa shape index (κ1) is 9.61. The Morgan fingerprint density at radius 1 is 1.11 bits per heavy atom. The average Bonchev–Trinajstić information content (AvgIpc) is 1.65. The van der Waals surface area contributed by atoms with Gasteiger partial charge in [0.15, 0.2) is 0 Å². The largest absolute Gasteiger partial charge is 0.365 e. The highest BCUT2D eigenvalue weighted by Crippen LogP contribution is 2.50. The standard InChI is InChI=1S/C6H15OPS/c1-5(2)8(7,9)6(3)4/h5-6H,1-4H3,(H,7,9). The van der Waals surface area contributed by atoms with E-state index in [-0.39, 0.29) is 11.3 Å². The molecule has 0 aromatic heterocycles. The van der Waals surface area contributed by atoms with Gasteiger partial charge in [0.2, 0.25) is 0 Å². The summed E-state index contributed by atoms with van der Waals surface area (Å²) in [4.78, 5) is 9.59. The van der Waals surface area contributed by atoms with Crippen molar-refractivity contribution in [1.82, 2.24) is 0 Å². The highest BCUT2D eigenvalue weighted by atomic mass is 32.4. The molecule has 0 aliphatic carbocycles. The van der Waals surface area contributed by atoms with E-state index >= 15 is 0 Å². The molecular weight excluding hydrogens is 151 g/mol. The van der Waals surface area contributed by atoms with Crippen molar-refractivity contribution in [2.45, 2.75) is 39.0 Å². The summed E-state index contributed by atoms with van der Waals surface area (Å²) in [6.07, 6.45) is -2.00. The van der Waals surface area contributed by atoms with Crippen LogP contribution in [-0.4, -0.2) is 16.2 Å². The molecule has 1 N–H and O–H groups in total. The summed E-state index contributed by atoms with van der Waals surface area (Å²) in [5.41, 5.74) is 0.542. The average molecular weight is 166 g/mol. The third-order valence-electron chi connectivity index (χ3n) is 1.48. The first-order valence-corrected chi connectivity index (χ1v) is 6.10. The van der Waals surface area contributed by atoms with Crippen molar-refractivity contribution in [1.29, 1.82) is 0 Å². The maximum atomic E-state index is 9.59. The van der Waals surface area contributed by atoms with Gasteiger partial charge in [-0.2, -0.15) is 0 Å². The molecule has 0 atom stereocenters. The molecule has 0 fully saturated rings. The fourth-order valence-electron chi connectivity index (χ4n) is 0.596. The molecule has 0 aromatic carbocycles. The Labute approximate surface area is 62.6 Å². The summed E-state index contributed by atoms with van der Waals surface area (Å²) in [5.74, 6) is 0. The van der Waals surface area contributed by atoms with Crippen molar-refractivity contribution < 1.29 is 4.89 Å². The lowest BCUT2D eigenvalue weighted by Crippen LogP contribution is -2.06. The second-order valence-electron chi connectivity index (χ2n) is 2.86. The van der Waals surface area contributed by atoms with E-state index < -0.39 is 6.26 Å². The van der Waals surface area contributed by atoms with Crippen LogP contribution >= 0.6 is 6.26 Å². The highest BCUT2D eigenvalue weighted by Gasteiger charge is 2.21. The van der Waals surface area contributed by atoms with Crippen LogP contribution in [0, 0.1) is 0 Å². The lowest BCUT2D eigenvalue weighted by Gasteiger charge is -2.23. The lowest BCUT2D eigenvalue weighted by atomic mass is 10.5. The Hall–Kier alpha value is 0.610. The number of hydrogen-bond acceptors (Lipinski definition) is 1. The molecule has 1 nitrogen and oxygen atoms in total. The topological polar surface area (TPSA) is 20.2 Å². The van der Waals surface area contributed by atoms with Crippen LogP contribution in [0.1, 0.15) is 27.7 Å². The van der Waals surface area contributed by atoms with Crippen molar-refractivity contribution in [2.24, 2.45) is 0 Å². The Bertz CT molecular complexity index is 119. The molecule has 0 aliphatic rings. The van der Waals surface area contributed by atoms with E-state index in [0.29, 0.717) is 0 Å². The molecule has 0 aromatic rings. The minimum Gasteiger partial charge on any atom is -0.365 e. The predicted molar refractivity (Wildman–Crippen MR) is 46.8 cm³/mol. The lowest BCUT2D eigenvalue weighted by molar-refractivity contribution is 0.597. The van der Waals surface area contributed by atoms with Crippen molar-refractivity contribution in [3.8, 4) is 0 Å². The maximum Gasteiger partial charge on any atom is 0.0684 e. The summed E-state index contributed by atoms with van der Waals surface area (Å²) < 4.78 is 0. The fourth-order valence-corrected chi connectivity index (χ4v) is 1.79. The SMILES string of the molecule is CC(C)P(O)(=S)C(C)C. The molecule has 0 heterocycles. The van der Waals surface area contributed by atoms with Crippen LogP contribution in [-0.2, 0) is 11.8 Å². The van der Waals surface area contributed by atoms with E-state index in [9.17, 15) is 4.89 Å². The molecule has 0 saturated heterocycles. The van der Waals surface area contributed by atoms with Gasteiger partial charge >= 0.3 is 0 Å². The summed E-state index contributed by atoms with van der Waals surface area (Å²) in [7, 11) is 0. The second kappa shape index (κ2) is 3.14. The summed E-state index contributed by atoms with van der Waals surface area (Å²) in [6, 6.07) is 0. The summed E-state index contributed by atoms with van der Waals surface area (Å²) in [5, 5.41) is 0. The summed E-state index contributed by atoms with van der Waals surface area (Å²) in [6.45, 7) is 7.95. The molecule has 9 heavy (non-hydrogen) atoms. The molecular formula is C6H15OPS. The Morgan fingerprint density at radius 3 is 1.33 bits per heavy atom. The molecule has 0 amide bonds. The summed E-state index contributed by atoms with van der Waals surface area (Å²) >= 11 is 5.06. The van der Waals surface area contributed by atoms with Gasteiger partial charge < -0.3 is 4.89 Å². The zero-order valence-corrected chi connectivity index (χ0v) is 8.17. The molecule has 0 saturated carbocycles. The van der Waals surface area contributed by atoms with E-state index in [0.717, 1.165) is 0 Å². The van der Waals surface area contributed by atoms with Crippen LogP contribution in [0.15, 0.2) is 0 Å². The third-order valence-corrected chi connectivity index (χ3v) is 6.97. The highest BCUT2D eigenvalue weighted by molar-refractivity contribution is 8.12. The molecule has 0 spiro atoms. The molecule has 0 rings (SSSR count). The van der Waals surface area contributed by atoms with Gasteiger partial charge in [-0.1, -0.05) is 39.5 Å². The Morgan fingerprint density at radius 2 is 1.33 bits per heavy atom. The van der Waals surface area contributed by atoms with E-state index in [1.807, 2.05) is 27.7 Å². The number of rotatable bonds is 2. The van der Waals surface area contributed by atoms with Crippen LogP contribution in [0.5, 0.6) is 0 Å².